The van der Waals surface area contributed by atoms with Gasteiger partial charge < -0.3 is 0 Å². The summed E-state index contributed by atoms with van der Waals surface area (Å²) in [6.45, 7) is 0. The van der Waals surface area contributed by atoms with Crippen molar-refractivity contribution in [3.05, 3.63) is 51.7 Å². The molecule has 2 rings (SSSR count). The van der Waals surface area contributed by atoms with Crippen LogP contribution in [0.1, 0.15) is 11.1 Å². The molecule has 0 bridgehead atoms. The highest BCUT2D eigenvalue weighted by atomic mass is 19.4. The summed E-state index contributed by atoms with van der Waals surface area (Å²) in [7, 11) is 0. The topological polar surface area (TPSA) is 69.6 Å². The van der Waals surface area contributed by atoms with E-state index in [-0.39, 0.29) is 11.3 Å². The number of nitro groups is 1. The lowest BCUT2D eigenvalue weighted by Gasteiger charge is -2.08. The van der Waals surface area contributed by atoms with E-state index in [2.05, 4.69) is 10.5 Å². The minimum Gasteiger partial charge on any atom is -0.258 e. The summed E-state index contributed by atoms with van der Waals surface area (Å²) >= 11 is 0. The smallest absolute Gasteiger partial charge is 0.258 e. The number of allylic oxidation sites excluding steroid dienone is 1. The monoisotopic (exact) mass is 256 g/mol. The molecule has 1 aromatic carbocycles. The van der Waals surface area contributed by atoms with Crippen molar-refractivity contribution < 1.29 is 18.1 Å². The van der Waals surface area contributed by atoms with Crippen LogP contribution in [-0.4, -0.2) is 10.6 Å². The number of nitro benzene ring substituents is 1. The average molecular weight is 256 g/mol. The van der Waals surface area contributed by atoms with Crippen molar-refractivity contribution in [2.45, 2.75) is 6.18 Å². The van der Waals surface area contributed by atoms with Crippen LogP contribution < -0.4 is 5.43 Å². The molecule has 0 fully saturated rings. The van der Waals surface area contributed by atoms with E-state index in [4.69, 9.17) is 0 Å². The molecule has 0 N–H and O–H groups in total. The van der Waals surface area contributed by atoms with E-state index >= 15 is 0 Å². The van der Waals surface area contributed by atoms with Gasteiger partial charge in [0.15, 0.2) is 0 Å². The number of benzene rings is 1. The van der Waals surface area contributed by atoms with Crippen LogP contribution in [0, 0.1) is 10.1 Å². The van der Waals surface area contributed by atoms with Crippen LogP contribution in [0.15, 0.2) is 35.6 Å². The van der Waals surface area contributed by atoms with Crippen molar-refractivity contribution in [2.75, 3.05) is 0 Å². The first-order chi connectivity index (χ1) is 8.39. The highest BCUT2D eigenvalue weighted by Gasteiger charge is 2.38. The standard InChI is InChI=1S/C10H5F3N3O2/c11-10(12,13)7-5-6(8-3-4-14-15-8)1-2-9(7)16(17)18/h1-5H. The normalized spacial score (nSPS) is 14.3. The Morgan fingerprint density at radius 2 is 2.00 bits per heavy atom. The summed E-state index contributed by atoms with van der Waals surface area (Å²) in [6.07, 6.45) is -2.05. The zero-order valence-electron chi connectivity index (χ0n) is 8.68. The molecule has 5 nitrogen and oxygen atoms in total. The molecule has 1 aliphatic rings. The predicted molar refractivity (Wildman–Crippen MR) is 55.9 cm³/mol. The Morgan fingerprint density at radius 1 is 1.28 bits per heavy atom. The van der Waals surface area contributed by atoms with Gasteiger partial charge in [-0.25, -0.2) is 0 Å². The van der Waals surface area contributed by atoms with E-state index in [1.807, 2.05) is 0 Å². The van der Waals surface area contributed by atoms with Gasteiger partial charge in [-0.1, -0.05) is 0 Å². The van der Waals surface area contributed by atoms with Crippen molar-refractivity contribution in [2.24, 2.45) is 5.10 Å². The second-order valence-corrected chi connectivity index (χ2v) is 3.40. The van der Waals surface area contributed by atoms with Crippen LogP contribution in [0.4, 0.5) is 18.9 Å². The van der Waals surface area contributed by atoms with Crippen LogP contribution in [-0.2, 0) is 6.18 Å². The molecule has 1 heterocycles. The number of rotatable bonds is 2. The molecule has 0 saturated heterocycles. The second kappa shape index (κ2) is 4.13. The largest absolute Gasteiger partial charge is 0.423 e. The Kier molecular flexibility index (Phi) is 2.77. The highest BCUT2D eigenvalue weighted by molar-refractivity contribution is 6.09. The van der Waals surface area contributed by atoms with E-state index in [9.17, 15) is 23.3 Å². The molecule has 0 saturated carbocycles. The van der Waals surface area contributed by atoms with Crippen molar-refractivity contribution >= 4 is 11.4 Å². The highest BCUT2D eigenvalue weighted by Crippen LogP contribution is 2.36. The summed E-state index contributed by atoms with van der Waals surface area (Å²) in [5.74, 6) is 0. The average Bonchev–Trinajstić information content (AvgIpc) is 2.80. The maximum Gasteiger partial charge on any atom is 0.423 e. The maximum absolute atomic E-state index is 12.7. The lowest BCUT2D eigenvalue weighted by Crippen LogP contribution is -2.10. The number of nitrogens with zero attached hydrogens (tertiary/aromatic N) is 3. The van der Waals surface area contributed by atoms with Gasteiger partial charge in [-0.3, -0.25) is 10.1 Å². The van der Waals surface area contributed by atoms with E-state index in [0.29, 0.717) is 6.07 Å². The zero-order valence-corrected chi connectivity index (χ0v) is 8.68. The molecule has 18 heavy (non-hydrogen) atoms. The molecule has 0 amide bonds. The quantitative estimate of drug-likeness (QED) is 0.602. The Balaban J connectivity index is 2.55. The van der Waals surface area contributed by atoms with E-state index in [1.165, 1.54) is 18.3 Å². The van der Waals surface area contributed by atoms with Gasteiger partial charge in [-0.15, -0.1) is 0 Å². The molecule has 1 radical (unpaired) electrons. The third-order valence-corrected chi connectivity index (χ3v) is 2.26. The fourth-order valence-electron chi connectivity index (χ4n) is 1.47. The molecule has 0 atom stereocenters. The predicted octanol–water partition coefficient (Wildman–Crippen LogP) is 2.45. The summed E-state index contributed by atoms with van der Waals surface area (Å²) in [6, 6.07) is 2.71. The van der Waals surface area contributed by atoms with Gasteiger partial charge >= 0.3 is 6.18 Å². The molecule has 0 aliphatic carbocycles. The van der Waals surface area contributed by atoms with Crippen molar-refractivity contribution in [3.63, 3.8) is 0 Å². The summed E-state index contributed by atoms with van der Waals surface area (Å²) in [5.41, 5.74) is 1.57. The van der Waals surface area contributed by atoms with Gasteiger partial charge in [0.2, 0.25) is 0 Å². The minimum absolute atomic E-state index is 0.130. The summed E-state index contributed by atoms with van der Waals surface area (Å²) in [4.78, 5) is 9.48. The van der Waals surface area contributed by atoms with E-state index < -0.39 is 22.4 Å². The molecule has 0 spiro atoms. The number of hydrogen-bond acceptors (Lipinski definition) is 3. The van der Waals surface area contributed by atoms with Gasteiger partial charge in [0.25, 0.3) is 5.69 Å². The third-order valence-electron chi connectivity index (χ3n) is 2.26. The van der Waals surface area contributed by atoms with Crippen molar-refractivity contribution in [3.8, 4) is 0 Å². The Bertz CT molecular complexity index is 564. The lowest BCUT2D eigenvalue weighted by atomic mass is 10.0. The summed E-state index contributed by atoms with van der Waals surface area (Å²) in [5, 5.41) is 14.1. The molecule has 1 aliphatic heterocycles. The Labute approximate surface area is 98.8 Å². The maximum atomic E-state index is 12.7. The zero-order chi connectivity index (χ0) is 13.3. The van der Waals surface area contributed by atoms with Gasteiger partial charge in [-0.2, -0.15) is 23.7 Å². The third kappa shape index (κ3) is 2.17. The van der Waals surface area contributed by atoms with E-state index in [1.54, 1.807) is 0 Å². The molecular formula is C10H5F3N3O2. The first-order valence-electron chi connectivity index (χ1n) is 4.70. The fourth-order valence-corrected chi connectivity index (χ4v) is 1.47. The number of halogens is 3. The Hall–Kier alpha value is -2.38. The van der Waals surface area contributed by atoms with Crippen LogP contribution in [0.3, 0.4) is 0 Å². The molecule has 93 valence electrons. The SMILES string of the molecule is O=[N+]([O-])c1ccc(C2=N[N]C=C2)cc1C(F)(F)F. The first-order valence-corrected chi connectivity index (χ1v) is 4.70. The molecule has 8 heteroatoms. The van der Waals surface area contributed by atoms with Crippen molar-refractivity contribution in [1.29, 1.82) is 0 Å². The van der Waals surface area contributed by atoms with Gasteiger partial charge in [0, 0.05) is 11.6 Å². The van der Waals surface area contributed by atoms with Crippen molar-refractivity contribution in [1.82, 2.24) is 5.43 Å². The van der Waals surface area contributed by atoms with Gasteiger partial charge in [0.1, 0.15) is 5.56 Å². The van der Waals surface area contributed by atoms with Crippen LogP contribution in [0.5, 0.6) is 0 Å². The Morgan fingerprint density at radius 3 is 2.50 bits per heavy atom. The van der Waals surface area contributed by atoms with Crippen LogP contribution in [0.25, 0.3) is 0 Å². The minimum atomic E-state index is -4.79. The van der Waals surface area contributed by atoms with Crippen LogP contribution >= 0.6 is 0 Å². The van der Waals surface area contributed by atoms with Gasteiger partial charge in [0.05, 0.1) is 16.8 Å². The van der Waals surface area contributed by atoms with Crippen LogP contribution in [0.2, 0.25) is 0 Å². The van der Waals surface area contributed by atoms with E-state index in [0.717, 1.165) is 6.07 Å². The molecular weight excluding hydrogens is 251 g/mol. The molecule has 1 aromatic rings. The molecule has 0 unspecified atom stereocenters. The summed E-state index contributed by atoms with van der Waals surface area (Å²) < 4.78 is 38.1. The first kappa shape index (κ1) is 12.1. The lowest BCUT2D eigenvalue weighted by molar-refractivity contribution is -0.388. The number of alkyl halides is 3. The fraction of sp³-hybridized carbons (Fsp3) is 0.100. The number of hydrogen-bond donors (Lipinski definition) is 0. The van der Waals surface area contributed by atoms with Gasteiger partial charge in [-0.05, 0) is 18.2 Å². The molecule has 0 aromatic heterocycles. The second-order valence-electron chi connectivity index (χ2n) is 3.40.